The lowest BCUT2D eigenvalue weighted by Crippen LogP contribution is -2.04. The van der Waals surface area contributed by atoms with E-state index in [0.717, 1.165) is 61.7 Å². The van der Waals surface area contributed by atoms with Gasteiger partial charge in [-0.3, -0.25) is 0 Å². The van der Waals surface area contributed by atoms with Crippen molar-refractivity contribution >= 4 is 38.4 Å². The molecule has 4 aromatic heterocycles. The summed E-state index contributed by atoms with van der Waals surface area (Å²) in [5.74, 6) is 1.63. The molecule has 0 saturated carbocycles. The van der Waals surface area contributed by atoms with Crippen LogP contribution in [0.4, 0.5) is 0 Å². The number of H-pyrrole nitrogens is 1. The highest BCUT2D eigenvalue weighted by Gasteiger charge is 2.18. The van der Waals surface area contributed by atoms with Crippen LogP contribution in [-0.2, 0) is 13.0 Å². The monoisotopic (exact) mass is 493 g/mol. The first-order chi connectivity index (χ1) is 15.0. The highest BCUT2D eigenvalue weighted by atomic mass is 79.9. The summed E-state index contributed by atoms with van der Waals surface area (Å²) in [6, 6.07) is 12.4. The normalized spacial score (nSPS) is 11.5. The summed E-state index contributed by atoms with van der Waals surface area (Å²) in [7, 11) is 0. The minimum absolute atomic E-state index is 0.583. The zero-order valence-electron chi connectivity index (χ0n) is 17.3. The van der Waals surface area contributed by atoms with Crippen molar-refractivity contribution in [1.29, 1.82) is 0 Å². The topological polar surface area (TPSA) is 85.2 Å². The fourth-order valence-corrected chi connectivity index (χ4v) is 5.74. The van der Waals surface area contributed by atoms with Gasteiger partial charge in [0.2, 0.25) is 5.82 Å². The standard InChI is InChI=1S/C22H20BrN7S/c1-4-18-25-19-12(2)9-13(3)24-22(19)30(18)11-14-10-17(20(23)31-14)15-7-5-6-8-16(15)21-26-28-29-27-21/h5-10H,4,11H2,1-3H3,(H,26,27,28,29). The van der Waals surface area contributed by atoms with Crippen molar-refractivity contribution in [3.05, 3.63) is 62.1 Å². The summed E-state index contributed by atoms with van der Waals surface area (Å²) in [6.45, 7) is 6.99. The molecule has 5 rings (SSSR count). The van der Waals surface area contributed by atoms with Crippen molar-refractivity contribution < 1.29 is 0 Å². The Morgan fingerprint density at radius 1 is 1.06 bits per heavy atom. The van der Waals surface area contributed by atoms with E-state index in [1.807, 2.05) is 25.1 Å². The van der Waals surface area contributed by atoms with E-state index in [1.54, 1.807) is 11.3 Å². The first kappa shape index (κ1) is 20.0. The van der Waals surface area contributed by atoms with E-state index in [4.69, 9.17) is 9.97 Å². The number of nitrogens with zero attached hydrogens (tertiary/aromatic N) is 6. The average molecular weight is 494 g/mol. The van der Waals surface area contributed by atoms with Gasteiger partial charge in [-0.1, -0.05) is 31.2 Å². The number of fused-ring (bicyclic) bond motifs is 1. The molecule has 5 aromatic rings. The maximum atomic E-state index is 4.87. The zero-order chi connectivity index (χ0) is 21.5. The van der Waals surface area contributed by atoms with Crippen molar-refractivity contribution in [1.82, 2.24) is 35.2 Å². The summed E-state index contributed by atoms with van der Waals surface area (Å²) in [5.41, 5.74) is 7.23. The molecule has 0 unspecified atom stereocenters. The number of halogens is 1. The largest absolute Gasteiger partial charge is 0.307 e. The highest BCUT2D eigenvalue weighted by Crippen LogP contribution is 2.40. The van der Waals surface area contributed by atoms with Crippen LogP contribution in [0.5, 0.6) is 0 Å². The van der Waals surface area contributed by atoms with Gasteiger partial charge in [-0.2, -0.15) is 5.21 Å². The summed E-state index contributed by atoms with van der Waals surface area (Å²) in [4.78, 5) is 10.9. The number of tetrazole rings is 1. The molecule has 0 atom stereocenters. The first-order valence-corrected chi connectivity index (χ1v) is 11.6. The van der Waals surface area contributed by atoms with Crippen molar-refractivity contribution in [2.45, 2.75) is 33.7 Å². The van der Waals surface area contributed by atoms with Gasteiger partial charge in [-0.05, 0) is 58.3 Å². The molecule has 1 aromatic carbocycles. The SMILES string of the molecule is CCc1nc2c(C)cc(C)nc2n1Cc1cc(-c2ccccc2-c2nn[nH]n2)c(Br)s1. The first-order valence-electron chi connectivity index (χ1n) is 10.00. The van der Waals surface area contributed by atoms with E-state index in [1.165, 1.54) is 4.88 Å². The number of pyridine rings is 1. The Kier molecular flexibility index (Phi) is 5.15. The molecule has 0 aliphatic heterocycles. The van der Waals surface area contributed by atoms with Gasteiger partial charge in [0.05, 0.1) is 10.3 Å². The van der Waals surface area contributed by atoms with Gasteiger partial charge >= 0.3 is 0 Å². The second-order valence-corrected chi connectivity index (χ2v) is 9.86. The quantitative estimate of drug-likeness (QED) is 0.357. The molecule has 31 heavy (non-hydrogen) atoms. The summed E-state index contributed by atoms with van der Waals surface area (Å²) >= 11 is 5.50. The third kappa shape index (κ3) is 3.57. The minimum Gasteiger partial charge on any atom is -0.307 e. The Bertz CT molecular complexity index is 1380. The predicted octanol–water partition coefficient (Wildman–Crippen LogP) is 5.33. The molecule has 0 aliphatic carbocycles. The van der Waals surface area contributed by atoms with Crippen molar-refractivity contribution in [3.8, 4) is 22.5 Å². The number of nitrogens with one attached hydrogen (secondary N) is 1. The molecule has 0 radical (unpaired) electrons. The van der Waals surface area contributed by atoms with Crippen LogP contribution in [0.1, 0.15) is 28.9 Å². The number of aromatic amines is 1. The lowest BCUT2D eigenvalue weighted by atomic mass is 10.0. The average Bonchev–Trinajstić information content (AvgIpc) is 3.48. The van der Waals surface area contributed by atoms with E-state index in [9.17, 15) is 0 Å². The van der Waals surface area contributed by atoms with Crippen LogP contribution in [0.25, 0.3) is 33.7 Å². The number of aryl methyl sites for hydroxylation is 3. The van der Waals surface area contributed by atoms with Crippen LogP contribution in [0.3, 0.4) is 0 Å². The highest BCUT2D eigenvalue weighted by molar-refractivity contribution is 9.11. The maximum Gasteiger partial charge on any atom is 0.205 e. The molecule has 0 spiro atoms. The molecular formula is C22H20BrN7S. The maximum absolute atomic E-state index is 4.87. The second kappa shape index (κ2) is 7.97. The lowest BCUT2D eigenvalue weighted by Gasteiger charge is -2.07. The molecule has 0 saturated heterocycles. The molecule has 0 fully saturated rings. The number of hydrogen-bond donors (Lipinski definition) is 1. The summed E-state index contributed by atoms with van der Waals surface area (Å²) in [6.07, 6.45) is 0.856. The molecule has 4 heterocycles. The van der Waals surface area contributed by atoms with Crippen LogP contribution < -0.4 is 0 Å². The number of thiophene rings is 1. The van der Waals surface area contributed by atoms with Gasteiger partial charge in [-0.25, -0.2) is 9.97 Å². The molecule has 7 nitrogen and oxygen atoms in total. The minimum atomic E-state index is 0.583. The molecule has 0 aliphatic rings. The Labute approximate surface area is 191 Å². The number of aromatic nitrogens is 7. The van der Waals surface area contributed by atoms with Gasteiger partial charge in [0.25, 0.3) is 0 Å². The van der Waals surface area contributed by atoms with Crippen LogP contribution in [0, 0.1) is 13.8 Å². The van der Waals surface area contributed by atoms with E-state index >= 15 is 0 Å². The Hall–Kier alpha value is -2.91. The molecule has 0 bridgehead atoms. The summed E-state index contributed by atoms with van der Waals surface area (Å²) < 4.78 is 3.31. The number of hydrogen-bond acceptors (Lipinski definition) is 6. The molecule has 1 N–H and O–H groups in total. The molecule has 156 valence electrons. The second-order valence-electron chi connectivity index (χ2n) is 7.40. The third-order valence-corrected chi connectivity index (χ3v) is 7.09. The smallest absolute Gasteiger partial charge is 0.205 e. The number of benzene rings is 1. The van der Waals surface area contributed by atoms with Crippen LogP contribution in [0.15, 0.2) is 40.2 Å². The van der Waals surface area contributed by atoms with Crippen molar-refractivity contribution in [2.24, 2.45) is 0 Å². The van der Waals surface area contributed by atoms with E-state index in [-0.39, 0.29) is 0 Å². The molecule has 9 heteroatoms. The van der Waals surface area contributed by atoms with Gasteiger partial charge in [-0.15, -0.1) is 21.5 Å². The van der Waals surface area contributed by atoms with Gasteiger partial charge in [0.15, 0.2) is 5.65 Å². The van der Waals surface area contributed by atoms with E-state index in [0.29, 0.717) is 5.82 Å². The van der Waals surface area contributed by atoms with Gasteiger partial charge in [0, 0.05) is 28.1 Å². The van der Waals surface area contributed by atoms with Crippen LogP contribution >= 0.6 is 27.3 Å². The van der Waals surface area contributed by atoms with Crippen molar-refractivity contribution in [3.63, 3.8) is 0 Å². The number of imidazole rings is 1. The predicted molar refractivity (Wildman–Crippen MR) is 126 cm³/mol. The Morgan fingerprint density at radius 3 is 2.61 bits per heavy atom. The fourth-order valence-electron chi connectivity index (χ4n) is 3.91. The Balaban J connectivity index is 1.59. The lowest BCUT2D eigenvalue weighted by molar-refractivity contribution is 0.753. The van der Waals surface area contributed by atoms with Crippen LogP contribution in [-0.4, -0.2) is 35.2 Å². The van der Waals surface area contributed by atoms with Gasteiger partial charge < -0.3 is 4.57 Å². The van der Waals surface area contributed by atoms with Gasteiger partial charge in [0.1, 0.15) is 11.3 Å². The summed E-state index contributed by atoms with van der Waals surface area (Å²) in [5, 5.41) is 14.6. The van der Waals surface area contributed by atoms with E-state index in [2.05, 4.69) is 73.2 Å². The third-order valence-electron chi connectivity index (χ3n) is 5.27. The zero-order valence-corrected chi connectivity index (χ0v) is 19.8. The number of rotatable bonds is 5. The van der Waals surface area contributed by atoms with Crippen LogP contribution in [0.2, 0.25) is 0 Å². The van der Waals surface area contributed by atoms with E-state index < -0.39 is 0 Å². The Morgan fingerprint density at radius 2 is 1.87 bits per heavy atom. The molecule has 0 amide bonds. The molecular weight excluding hydrogens is 474 g/mol. The fraction of sp³-hybridized carbons (Fsp3) is 0.227. The van der Waals surface area contributed by atoms with Crippen molar-refractivity contribution in [2.75, 3.05) is 0 Å².